The first-order chi connectivity index (χ1) is 7.11. The number of rotatable bonds is 4. The lowest BCUT2D eigenvalue weighted by Crippen LogP contribution is -2.19. The molecular formula is C10H15N5. The van der Waals surface area contributed by atoms with E-state index in [-0.39, 0.29) is 6.04 Å². The minimum atomic E-state index is 0.151. The molecule has 0 aliphatic rings. The number of hydrogen-bond acceptors (Lipinski definition) is 5. The maximum atomic E-state index is 8.71. The Balaban J connectivity index is 2.61. The van der Waals surface area contributed by atoms with Crippen LogP contribution in [0.2, 0.25) is 0 Å². The Bertz CT molecular complexity index is 367. The number of nitriles is 1. The quantitative estimate of drug-likeness (QED) is 0.759. The van der Waals surface area contributed by atoms with Crippen LogP contribution in [0.3, 0.4) is 0 Å². The first-order valence-electron chi connectivity index (χ1n) is 4.87. The van der Waals surface area contributed by atoms with Gasteiger partial charge < -0.3 is 11.1 Å². The summed E-state index contributed by atoms with van der Waals surface area (Å²) in [5.41, 5.74) is 6.77. The molecule has 0 amide bonds. The van der Waals surface area contributed by atoms with Crippen molar-refractivity contribution < 1.29 is 0 Å². The monoisotopic (exact) mass is 205 g/mol. The zero-order chi connectivity index (χ0) is 11.3. The van der Waals surface area contributed by atoms with Crippen molar-refractivity contribution in [2.75, 3.05) is 11.9 Å². The predicted molar refractivity (Wildman–Crippen MR) is 58.2 cm³/mol. The molecule has 0 aliphatic heterocycles. The molecule has 3 N–H and O–H groups in total. The van der Waals surface area contributed by atoms with E-state index in [0.29, 0.717) is 18.2 Å². The zero-order valence-electron chi connectivity index (χ0n) is 8.99. The fraction of sp³-hybridized carbons (Fsp3) is 0.500. The largest absolute Gasteiger partial charge is 0.354 e. The van der Waals surface area contributed by atoms with Crippen molar-refractivity contribution in [1.82, 2.24) is 9.97 Å². The molecule has 1 rings (SSSR count). The fourth-order valence-electron chi connectivity index (χ4n) is 1.12. The Labute approximate surface area is 89.3 Å². The summed E-state index contributed by atoms with van der Waals surface area (Å²) < 4.78 is 0. The first-order valence-corrected chi connectivity index (χ1v) is 4.87. The summed E-state index contributed by atoms with van der Waals surface area (Å²) in [4.78, 5) is 8.19. The number of nitrogens with zero attached hydrogens (tertiary/aromatic N) is 3. The van der Waals surface area contributed by atoms with Gasteiger partial charge in [0.15, 0.2) is 0 Å². The topological polar surface area (TPSA) is 87.6 Å². The van der Waals surface area contributed by atoms with Gasteiger partial charge >= 0.3 is 0 Å². The second kappa shape index (κ2) is 5.27. The fourth-order valence-corrected chi connectivity index (χ4v) is 1.12. The van der Waals surface area contributed by atoms with Crippen molar-refractivity contribution in [2.45, 2.75) is 26.3 Å². The van der Waals surface area contributed by atoms with Crippen LogP contribution >= 0.6 is 0 Å². The van der Waals surface area contributed by atoms with E-state index in [4.69, 9.17) is 11.0 Å². The average Bonchev–Trinajstić information content (AvgIpc) is 2.16. The number of aryl methyl sites for hydroxylation is 1. The van der Waals surface area contributed by atoms with E-state index in [1.54, 1.807) is 6.07 Å². The van der Waals surface area contributed by atoms with Gasteiger partial charge in [0.2, 0.25) is 5.95 Å². The first kappa shape index (κ1) is 11.4. The molecule has 0 saturated carbocycles. The van der Waals surface area contributed by atoms with Crippen molar-refractivity contribution >= 4 is 5.95 Å². The highest BCUT2D eigenvalue weighted by Crippen LogP contribution is 2.03. The molecule has 5 heteroatoms. The Morgan fingerprint density at radius 2 is 2.33 bits per heavy atom. The van der Waals surface area contributed by atoms with Crippen LogP contribution in [-0.4, -0.2) is 22.6 Å². The number of aromatic nitrogens is 2. The number of nitrogens with one attached hydrogen (secondary N) is 1. The van der Waals surface area contributed by atoms with Crippen LogP contribution in [0.1, 0.15) is 24.7 Å². The predicted octanol–water partition coefficient (Wildman–Crippen LogP) is 0.806. The molecule has 1 atom stereocenters. The summed E-state index contributed by atoms with van der Waals surface area (Å²) in [6.45, 7) is 4.49. The summed E-state index contributed by atoms with van der Waals surface area (Å²) in [6.07, 6.45) is 0.846. The lowest BCUT2D eigenvalue weighted by molar-refractivity contribution is 0.687. The van der Waals surface area contributed by atoms with Crippen LogP contribution in [0.5, 0.6) is 0 Å². The van der Waals surface area contributed by atoms with E-state index in [2.05, 4.69) is 15.3 Å². The van der Waals surface area contributed by atoms with Crippen molar-refractivity contribution in [2.24, 2.45) is 5.73 Å². The van der Waals surface area contributed by atoms with E-state index < -0.39 is 0 Å². The minimum Gasteiger partial charge on any atom is -0.354 e. The smallest absolute Gasteiger partial charge is 0.224 e. The maximum absolute atomic E-state index is 8.71. The molecule has 1 unspecified atom stereocenters. The van der Waals surface area contributed by atoms with Gasteiger partial charge in [0, 0.05) is 18.3 Å². The van der Waals surface area contributed by atoms with E-state index in [1.807, 2.05) is 19.9 Å². The Hall–Kier alpha value is -1.67. The summed E-state index contributed by atoms with van der Waals surface area (Å²) in [6, 6.07) is 3.79. The van der Waals surface area contributed by atoms with Crippen LogP contribution in [0.25, 0.3) is 0 Å². The molecule has 5 nitrogen and oxygen atoms in total. The van der Waals surface area contributed by atoms with Crippen molar-refractivity contribution in [3.63, 3.8) is 0 Å². The van der Waals surface area contributed by atoms with E-state index in [9.17, 15) is 0 Å². The maximum Gasteiger partial charge on any atom is 0.224 e. The normalized spacial score (nSPS) is 11.9. The molecule has 15 heavy (non-hydrogen) atoms. The van der Waals surface area contributed by atoms with Gasteiger partial charge in [0.1, 0.15) is 11.8 Å². The molecule has 1 heterocycles. The molecule has 0 radical (unpaired) electrons. The highest BCUT2D eigenvalue weighted by atomic mass is 15.1. The molecular weight excluding hydrogens is 190 g/mol. The van der Waals surface area contributed by atoms with Crippen LogP contribution < -0.4 is 11.1 Å². The Morgan fingerprint density at radius 1 is 1.60 bits per heavy atom. The number of nitrogens with two attached hydrogens (primary N) is 1. The zero-order valence-corrected chi connectivity index (χ0v) is 8.99. The van der Waals surface area contributed by atoms with Crippen molar-refractivity contribution in [3.05, 3.63) is 17.5 Å². The molecule has 1 aromatic heterocycles. The van der Waals surface area contributed by atoms with Crippen LogP contribution in [0.15, 0.2) is 6.07 Å². The van der Waals surface area contributed by atoms with Crippen LogP contribution in [0, 0.1) is 18.3 Å². The van der Waals surface area contributed by atoms with E-state index in [1.165, 1.54) is 0 Å². The Morgan fingerprint density at radius 3 is 2.93 bits per heavy atom. The molecule has 80 valence electrons. The van der Waals surface area contributed by atoms with E-state index >= 15 is 0 Å². The second-order valence-corrected chi connectivity index (χ2v) is 3.52. The molecule has 0 bridgehead atoms. The molecule has 0 aliphatic carbocycles. The lowest BCUT2D eigenvalue weighted by Gasteiger charge is -2.07. The molecule has 0 spiro atoms. The van der Waals surface area contributed by atoms with Crippen LogP contribution in [0.4, 0.5) is 5.95 Å². The van der Waals surface area contributed by atoms with Gasteiger partial charge in [-0.25, -0.2) is 9.97 Å². The third-order valence-electron chi connectivity index (χ3n) is 1.85. The molecule has 0 saturated heterocycles. The van der Waals surface area contributed by atoms with Gasteiger partial charge in [-0.3, -0.25) is 0 Å². The Kier molecular flexibility index (Phi) is 4.01. The third-order valence-corrected chi connectivity index (χ3v) is 1.85. The summed E-state index contributed by atoms with van der Waals surface area (Å²) in [5.74, 6) is 0.493. The van der Waals surface area contributed by atoms with Gasteiger partial charge in [-0.2, -0.15) is 5.26 Å². The van der Waals surface area contributed by atoms with Gasteiger partial charge in [-0.15, -0.1) is 0 Å². The van der Waals surface area contributed by atoms with E-state index in [0.717, 1.165) is 12.1 Å². The van der Waals surface area contributed by atoms with Crippen LogP contribution in [-0.2, 0) is 0 Å². The van der Waals surface area contributed by atoms with Gasteiger partial charge in [0.05, 0.1) is 0 Å². The standard InChI is InChI=1S/C10H15N5/c1-7(12)3-4-13-10-14-8(2)5-9(6-11)15-10/h5,7H,3-4,12H2,1-2H3,(H,13,14,15). The number of anilines is 1. The molecule has 1 aromatic rings. The summed E-state index contributed by atoms with van der Waals surface area (Å²) in [5, 5.41) is 11.8. The van der Waals surface area contributed by atoms with Gasteiger partial charge in [-0.05, 0) is 26.3 Å². The average molecular weight is 205 g/mol. The third kappa shape index (κ3) is 3.92. The molecule has 0 aromatic carbocycles. The van der Waals surface area contributed by atoms with Gasteiger partial charge in [0.25, 0.3) is 0 Å². The highest BCUT2D eigenvalue weighted by Gasteiger charge is 2.01. The summed E-state index contributed by atoms with van der Waals surface area (Å²) in [7, 11) is 0. The lowest BCUT2D eigenvalue weighted by atomic mass is 10.2. The SMILES string of the molecule is Cc1cc(C#N)nc(NCCC(C)N)n1. The van der Waals surface area contributed by atoms with Crippen molar-refractivity contribution in [3.8, 4) is 6.07 Å². The summed E-state index contributed by atoms with van der Waals surface area (Å²) >= 11 is 0. The van der Waals surface area contributed by atoms with Gasteiger partial charge in [-0.1, -0.05) is 0 Å². The number of hydrogen-bond donors (Lipinski definition) is 2. The highest BCUT2D eigenvalue weighted by molar-refractivity contribution is 5.32. The second-order valence-electron chi connectivity index (χ2n) is 3.52. The molecule has 0 fully saturated rings. The van der Waals surface area contributed by atoms with Crippen molar-refractivity contribution in [1.29, 1.82) is 5.26 Å². The minimum absolute atomic E-state index is 0.151.